The number of imidazole rings is 1. The second-order valence-corrected chi connectivity index (χ2v) is 13.2. The van der Waals surface area contributed by atoms with Crippen LogP contribution in [0.2, 0.25) is 0 Å². The molecule has 0 bridgehead atoms. The van der Waals surface area contributed by atoms with Gasteiger partial charge in [0.25, 0.3) is 5.91 Å². The maximum atomic E-state index is 13.4. The van der Waals surface area contributed by atoms with Crippen LogP contribution in [0.15, 0.2) is 42.5 Å². The van der Waals surface area contributed by atoms with E-state index in [-0.39, 0.29) is 35.5 Å². The number of rotatable bonds is 7. The zero-order valence-corrected chi connectivity index (χ0v) is 27.2. The smallest absolute Gasteiger partial charge is 0.416 e. The molecule has 1 aromatic heterocycles. The fraction of sp³-hybridized carbons (Fsp3) is 0.529. The first kappa shape index (κ1) is 34.2. The number of halogens is 3. The molecule has 47 heavy (non-hydrogen) atoms. The van der Waals surface area contributed by atoms with Gasteiger partial charge in [0.2, 0.25) is 5.95 Å². The Morgan fingerprint density at radius 1 is 0.957 bits per heavy atom. The van der Waals surface area contributed by atoms with Crippen molar-refractivity contribution in [2.24, 2.45) is 5.92 Å². The van der Waals surface area contributed by atoms with Gasteiger partial charge in [-0.3, -0.25) is 19.8 Å². The lowest BCUT2D eigenvalue weighted by atomic mass is 9.86. The molecule has 2 aliphatic rings. The van der Waals surface area contributed by atoms with Gasteiger partial charge in [-0.2, -0.15) is 13.2 Å². The summed E-state index contributed by atoms with van der Waals surface area (Å²) in [6, 6.07) is 10.1. The van der Waals surface area contributed by atoms with Crippen LogP contribution in [0.1, 0.15) is 80.9 Å². The number of aromatic nitrogens is 2. The summed E-state index contributed by atoms with van der Waals surface area (Å²) in [5, 5.41) is 2.77. The van der Waals surface area contributed by atoms with Crippen molar-refractivity contribution >= 4 is 35.0 Å². The number of hydrogen-bond donors (Lipinski definition) is 1. The Labute approximate surface area is 272 Å². The van der Waals surface area contributed by atoms with Gasteiger partial charge in [0.1, 0.15) is 5.60 Å². The highest BCUT2D eigenvalue weighted by atomic mass is 19.4. The van der Waals surface area contributed by atoms with Gasteiger partial charge in [-0.05, 0) is 89.3 Å². The number of esters is 1. The van der Waals surface area contributed by atoms with Gasteiger partial charge < -0.3 is 18.9 Å². The van der Waals surface area contributed by atoms with Crippen LogP contribution in [-0.4, -0.2) is 75.7 Å². The fourth-order valence-electron chi connectivity index (χ4n) is 6.21. The predicted molar refractivity (Wildman–Crippen MR) is 170 cm³/mol. The molecule has 1 saturated carbocycles. The molecule has 1 aliphatic carbocycles. The second kappa shape index (κ2) is 13.9. The number of alkyl halides is 3. The van der Waals surface area contributed by atoms with E-state index in [0.717, 1.165) is 23.2 Å². The van der Waals surface area contributed by atoms with Crippen LogP contribution in [-0.2, 0) is 27.0 Å². The van der Waals surface area contributed by atoms with Crippen molar-refractivity contribution < 1.29 is 37.0 Å². The van der Waals surface area contributed by atoms with Crippen LogP contribution < -0.4 is 5.32 Å². The van der Waals surface area contributed by atoms with Crippen molar-refractivity contribution in [1.29, 1.82) is 0 Å². The lowest BCUT2D eigenvalue weighted by Crippen LogP contribution is -2.49. The number of carbonyl (C=O) groups excluding carboxylic acids is 3. The maximum absolute atomic E-state index is 13.4. The Morgan fingerprint density at radius 3 is 2.30 bits per heavy atom. The minimum atomic E-state index is -4.58. The number of fused-ring (bicyclic) bond motifs is 1. The molecule has 0 radical (unpaired) electrons. The number of carbonyl (C=O) groups is 3. The highest BCUT2D eigenvalue weighted by Crippen LogP contribution is 2.38. The summed E-state index contributed by atoms with van der Waals surface area (Å²) < 4.78 is 52.7. The first-order valence-corrected chi connectivity index (χ1v) is 16.1. The van der Waals surface area contributed by atoms with Crippen molar-refractivity contribution in [3.8, 4) is 0 Å². The molecular formula is C34H42F3N5O5. The lowest BCUT2D eigenvalue weighted by Gasteiger charge is -2.35. The fourth-order valence-corrected chi connectivity index (χ4v) is 6.21. The van der Waals surface area contributed by atoms with Gasteiger partial charge >= 0.3 is 18.2 Å². The number of benzene rings is 2. The van der Waals surface area contributed by atoms with Crippen LogP contribution in [0.5, 0.6) is 0 Å². The van der Waals surface area contributed by atoms with E-state index < -0.39 is 23.2 Å². The first-order chi connectivity index (χ1) is 22.2. The predicted octanol–water partition coefficient (Wildman–Crippen LogP) is 6.65. The summed E-state index contributed by atoms with van der Waals surface area (Å²) in [7, 11) is 0. The van der Waals surface area contributed by atoms with Crippen molar-refractivity contribution in [2.75, 3.05) is 38.1 Å². The van der Waals surface area contributed by atoms with E-state index >= 15 is 0 Å². The molecule has 3 aromatic rings. The van der Waals surface area contributed by atoms with Crippen molar-refractivity contribution in [2.45, 2.75) is 77.7 Å². The summed E-state index contributed by atoms with van der Waals surface area (Å²) in [4.78, 5) is 46.8. The Kier molecular flexibility index (Phi) is 10.1. The highest BCUT2D eigenvalue weighted by Gasteiger charge is 2.33. The monoisotopic (exact) mass is 657 g/mol. The minimum Gasteiger partial charge on any atom is -0.466 e. The first-order valence-electron chi connectivity index (χ1n) is 16.1. The number of nitrogens with zero attached hydrogens (tertiary/aromatic N) is 4. The molecule has 10 nitrogen and oxygen atoms in total. The molecule has 2 amide bonds. The molecule has 1 aliphatic heterocycles. The summed E-state index contributed by atoms with van der Waals surface area (Å²) >= 11 is 0. The molecule has 254 valence electrons. The largest absolute Gasteiger partial charge is 0.466 e. The van der Waals surface area contributed by atoms with Crippen molar-refractivity contribution in [3.63, 3.8) is 0 Å². The zero-order chi connectivity index (χ0) is 33.9. The third-order valence-corrected chi connectivity index (χ3v) is 8.54. The van der Waals surface area contributed by atoms with E-state index in [2.05, 4.69) is 10.2 Å². The maximum Gasteiger partial charge on any atom is 0.416 e. The van der Waals surface area contributed by atoms with Gasteiger partial charge in [-0.15, -0.1) is 0 Å². The standard InChI is InChI=1S/C34H42F3N5O5/c1-5-46-30(44)23-10-12-26(13-11-23)42-28-14-9-22(21-40-15-17-41(18-16-40)32(45)47-33(2,3)4)19-27(28)38-31(42)39-29(43)24-7-6-8-25(20-24)34(35,36)37/h6-9,14,19-20,23,26H,5,10-13,15-18,21H2,1-4H3,(H,38,39,43). The van der Waals surface area contributed by atoms with Gasteiger partial charge in [-0.25, -0.2) is 9.78 Å². The van der Waals surface area contributed by atoms with E-state index in [1.54, 1.807) is 11.8 Å². The van der Waals surface area contributed by atoms with E-state index in [9.17, 15) is 27.6 Å². The SMILES string of the molecule is CCOC(=O)C1CCC(n2c(NC(=O)c3cccc(C(F)(F)F)c3)nc3cc(CN4CCN(C(=O)OC(C)(C)C)CC4)ccc32)CC1. The Hall–Kier alpha value is -4.13. The van der Waals surface area contributed by atoms with E-state index in [0.29, 0.717) is 70.5 Å². The van der Waals surface area contributed by atoms with Crippen molar-refractivity contribution in [3.05, 3.63) is 59.2 Å². The van der Waals surface area contributed by atoms with Crippen LogP contribution in [0, 0.1) is 5.92 Å². The van der Waals surface area contributed by atoms with Gasteiger partial charge in [0.05, 0.1) is 29.1 Å². The number of hydrogen-bond acceptors (Lipinski definition) is 7. The highest BCUT2D eigenvalue weighted by molar-refractivity contribution is 6.04. The third kappa shape index (κ3) is 8.43. The third-order valence-electron chi connectivity index (χ3n) is 8.54. The summed E-state index contributed by atoms with van der Waals surface area (Å²) in [6.07, 6.45) is -2.40. The summed E-state index contributed by atoms with van der Waals surface area (Å²) in [6.45, 7) is 10.7. The second-order valence-electron chi connectivity index (χ2n) is 13.2. The topological polar surface area (TPSA) is 106 Å². The number of nitrogens with one attached hydrogen (secondary N) is 1. The zero-order valence-electron chi connectivity index (χ0n) is 27.2. The summed E-state index contributed by atoms with van der Waals surface area (Å²) in [5.41, 5.74) is 0.820. The molecular weight excluding hydrogens is 615 g/mol. The molecule has 0 unspecified atom stereocenters. The number of piperazine rings is 1. The average Bonchev–Trinajstić information content (AvgIpc) is 3.37. The van der Waals surface area contributed by atoms with Gasteiger partial charge in [-0.1, -0.05) is 12.1 Å². The molecule has 1 N–H and O–H groups in total. The van der Waals surface area contributed by atoms with E-state index in [1.807, 2.05) is 43.5 Å². The average molecular weight is 658 g/mol. The Bertz CT molecular complexity index is 1600. The lowest BCUT2D eigenvalue weighted by molar-refractivity contribution is -0.149. The minimum absolute atomic E-state index is 0.0886. The van der Waals surface area contributed by atoms with E-state index in [4.69, 9.17) is 14.5 Å². The molecule has 1 saturated heterocycles. The molecule has 2 heterocycles. The Morgan fingerprint density at radius 2 is 1.66 bits per heavy atom. The van der Waals surface area contributed by atoms with Gasteiger partial charge in [0, 0.05) is 44.3 Å². The molecule has 2 fully saturated rings. The molecule has 5 rings (SSSR count). The number of amides is 2. The quantitative estimate of drug-likeness (QED) is 0.284. The van der Waals surface area contributed by atoms with Crippen LogP contribution >= 0.6 is 0 Å². The molecule has 0 atom stereocenters. The normalized spacial score (nSPS) is 19.4. The van der Waals surface area contributed by atoms with Crippen LogP contribution in [0.3, 0.4) is 0 Å². The van der Waals surface area contributed by atoms with Crippen LogP contribution in [0.25, 0.3) is 11.0 Å². The Balaban J connectivity index is 1.36. The number of anilines is 1. The summed E-state index contributed by atoms with van der Waals surface area (Å²) in [5.74, 6) is -0.872. The van der Waals surface area contributed by atoms with E-state index in [1.165, 1.54) is 12.1 Å². The van der Waals surface area contributed by atoms with Gasteiger partial charge in [0.15, 0.2) is 0 Å². The molecule has 2 aromatic carbocycles. The van der Waals surface area contributed by atoms with Crippen molar-refractivity contribution in [1.82, 2.24) is 19.4 Å². The molecule has 13 heteroatoms. The molecule has 0 spiro atoms. The van der Waals surface area contributed by atoms with Crippen LogP contribution in [0.4, 0.5) is 23.9 Å². The number of ether oxygens (including phenoxy) is 2.